The van der Waals surface area contributed by atoms with Crippen LogP contribution >= 0.6 is 27.5 Å². The zero-order chi connectivity index (χ0) is 10.7. The Morgan fingerprint density at radius 1 is 1.64 bits per heavy atom. The molecule has 0 heterocycles. The number of halogens is 3. The van der Waals surface area contributed by atoms with Crippen molar-refractivity contribution in [3.05, 3.63) is 33.0 Å². The quantitative estimate of drug-likeness (QED) is 0.829. The third-order valence-corrected chi connectivity index (χ3v) is 2.51. The summed E-state index contributed by atoms with van der Waals surface area (Å²) in [6, 6.07) is 2.47. The SMILES string of the molecule is CCNC(=O)c1cc(F)c(Br)cc1Cl. The summed E-state index contributed by atoms with van der Waals surface area (Å²) in [6.07, 6.45) is 0. The first-order valence-corrected chi connectivity index (χ1v) is 5.16. The number of amides is 1. The summed E-state index contributed by atoms with van der Waals surface area (Å²) in [5.41, 5.74) is 0.147. The highest BCUT2D eigenvalue weighted by molar-refractivity contribution is 9.10. The summed E-state index contributed by atoms with van der Waals surface area (Å²) in [5, 5.41) is 2.77. The summed E-state index contributed by atoms with van der Waals surface area (Å²) in [4.78, 5) is 11.4. The lowest BCUT2D eigenvalue weighted by Crippen LogP contribution is -2.23. The molecule has 0 radical (unpaired) electrons. The Hall–Kier alpha value is -0.610. The van der Waals surface area contributed by atoms with Crippen LogP contribution in [0, 0.1) is 5.82 Å². The van der Waals surface area contributed by atoms with Crippen molar-refractivity contribution in [2.45, 2.75) is 6.92 Å². The van der Waals surface area contributed by atoms with Crippen molar-refractivity contribution in [1.82, 2.24) is 5.32 Å². The summed E-state index contributed by atoms with van der Waals surface area (Å²) >= 11 is 8.75. The lowest BCUT2D eigenvalue weighted by Gasteiger charge is -2.05. The number of nitrogens with one attached hydrogen (secondary N) is 1. The maximum absolute atomic E-state index is 13.1. The molecule has 0 aliphatic carbocycles. The Bertz CT molecular complexity index is 370. The van der Waals surface area contributed by atoms with Crippen LogP contribution in [0.2, 0.25) is 5.02 Å². The molecule has 1 amide bonds. The highest BCUT2D eigenvalue weighted by Crippen LogP contribution is 2.24. The van der Waals surface area contributed by atoms with Crippen molar-refractivity contribution in [2.75, 3.05) is 6.54 Å². The van der Waals surface area contributed by atoms with E-state index in [0.717, 1.165) is 6.07 Å². The number of benzene rings is 1. The molecule has 0 saturated heterocycles. The minimum absolute atomic E-state index is 0.147. The number of hydrogen-bond donors (Lipinski definition) is 1. The molecule has 5 heteroatoms. The summed E-state index contributed by atoms with van der Waals surface area (Å²) in [7, 11) is 0. The van der Waals surface area contributed by atoms with Gasteiger partial charge < -0.3 is 5.32 Å². The first kappa shape index (κ1) is 11.5. The fourth-order valence-electron chi connectivity index (χ4n) is 0.952. The highest BCUT2D eigenvalue weighted by atomic mass is 79.9. The van der Waals surface area contributed by atoms with E-state index >= 15 is 0 Å². The molecule has 0 bridgehead atoms. The Morgan fingerprint density at radius 3 is 2.86 bits per heavy atom. The van der Waals surface area contributed by atoms with Crippen LogP contribution in [0.4, 0.5) is 4.39 Å². The molecule has 0 spiro atoms. The maximum Gasteiger partial charge on any atom is 0.252 e. The van der Waals surface area contributed by atoms with Crippen molar-refractivity contribution in [3.63, 3.8) is 0 Å². The van der Waals surface area contributed by atoms with Crippen LogP contribution in [0.3, 0.4) is 0 Å². The van der Waals surface area contributed by atoms with Gasteiger partial charge in [0, 0.05) is 6.54 Å². The molecule has 0 aliphatic rings. The molecule has 2 nitrogen and oxygen atoms in total. The largest absolute Gasteiger partial charge is 0.352 e. The fraction of sp³-hybridized carbons (Fsp3) is 0.222. The number of rotatable bonds is 2. The molecule has 1 aromatic rings. The standard InChI is InChI=1S/C9H8BrClFNO/c1-2-13-9(14)5-3-8(12)6(10)4-7(5)11/h3-4H,2H2,1H3,(H,13,14). The molecule has 0 unspecified atom stereocenters. The van der Waals surface area contributed by atoms with Crippen LogP contribution in [0.5, 0.6) is 0 Å². The summed E-state index contributed by atoms with van der Waals surface area (Å²) in [5.74, 6) is -0.875. The molecule has 0 aliphatic heterocycles. The fourth-order valence-corrected chi connectivity index (χ4v) is 1.68. The van der Waals surface area contributed by atoms with Crippen LogP contribution in [0.25, 0.3) is 0 Å². The van der Waals surface area contributed by atoms with E-state index in [-0.39, 0.29) is 21.0 Å². The van der Waals surface area contributed by atoms with Crippen molar-refractivity contribution in [3.8, 4) is 0 Å². The zero-order valence-corrected chi connectivity index (χ0v) is 9.75. The van der Waals surface area contributed by atoms with E-state index in [1.165, 1.54) is 6.07 Å². The van der Waals surface area contributed by atoms with Gasteiger partial charge in [0.05, 0.1) is 15.1 Å². The maximum atomic E-state index is 13.1. The van der Waals surface area contributed by atoms with Gasteiger partial charge in [0.2, 0.25) is 0 Å². The van der Waals surface area contributed by atoms with Gasteiger partial charge in [-0.3, -0.25) is 4.79 Å². The normalized spacial score (nSPS) is 10.0. The predicted molar refractivity (Wildman–Crippen MR) is 57.1 cm³/mol. The van der Waals surface area contributed by atoms with Crippen molar-refractivity contribution < 1.29 is 9.18 Å². The second kappa shape index (κ2) is 4.75. The van der Waals surface area contributed by atoms with Gasteiger partial charge in [-0.2, -0.15) is 0 Å². The van der Waals surface area contributed by atoms with Gasteiger partial charge in [0.15, 0.2) is 0 Å². The van der Waals surface area contributed by atoms with Crippen molar-refractivity contribution >= 4 is 33.4 Å². The van der Waals surface area contributed by atoms with Gasteiger partial charge in [-0.1, -0.05) is 11.6 Å². The molecule has 1 N–H and O–H groups in total. The van der Waals surface area contributed by atoms with E-state index in [1.807, 2.05) is 0 Å². The first-order valence-electron chi connectivity index (χ1n) is 3.99. The number of hydrogen-bond acceptors (Lipinski definition) is 1. The smallest absolute Gasteiger partial charge is 0.252 e. The second-order valence-corrected chi connectivity index (χ2v) is 3.87. The predicted octanol–water partition coefficient (Wildman–Crippen LogP) is 2.99. The van der Waals surface area contributed by atoms with Gasteiger partial charge in [0.1, 0.15) is 5.82 Å². The Labute approximate surface area is 94.6 Å². The van der Waals surface area contributed by atoms with Gasteiger partial charge >= 0.3 is 0 Å². The van der Waals surface area contributed by atoms with E-state index in [2.05, 4.69) is 21.2 Å². The molecular weight excluding hydrogens is 272 g/mol. The summed E-state index contributed by atoms with van der Waals surface area (Å²) < 4.78 is 13.3. The van der Waals surface area contributed by atoms with Crippen molar-refractivity contribution in [2.24, 2.45) is 0 Å². The molecule has 1 aromatic carbocycles. The number of carbonyl (C=O) groups excluding carboxylic acids is 1. The number of carbonyl (C=O) groups is 1. The van der Waals surface area contributed by atoms with E-state index in [4.69, 9.17) is 11.6 Å². The van der Waals surface area contributed by atoms with Gasteiger partial charge in [0.25, 0.3) is 5.91 Å². The van der Waals surface area contributed by atoms with Crippen LogP contribution in [-0.4, -0.2) is 12.5 Å². The monoisotopic (exact) mass is 279 g/mol. The van der Waals surface area contributed by atoms with Gasteiger partial charge in [-0.25, -0.2) is 4.39 Å². The van der Waals surface area contributed by atoms with Crippen molar-refractivity contribution in [1.29, 1.82) is 0 Å². The molecule has 0 fully saturated rings. The molecule has 1 rings (SSSR count). The van der Waals surface area contributed by atoms with Crippen LogP contribution in [-0.2, 0) is 0 Å². The average Bonchev–Trinajstić information content (AvgIpc) is 2.11. The second-order valence-electron chi connectivity index (χ2n) is 2.61. The molecule has 76 valence electrons. The molecule has 0 aromatic heterocycles. The molecule has 14 heavy (non-hydrogen) atoms. The Kier molecular flexibility index (Phi) is 3.89. The lowest BCUT2D eigenvalue weighted by molar-refractivity contribution is 0.0955. The van der Waals surface area contributed by atoms with Gasteiger partial charge in [-0.15, -0.1) is 0 Å². The van der Waals surface area contributed by atoms with E-state index in [1.54, 1.807) is 6.92 Å². The Morgan fingerprint density at radius 2 is 2.29 bits per heavy atom. The third kappa shape index (κ3) is 2.45. The molecule has 0 saturated carbocycles. The third-order valence-electron chi connectivity index (χ3n) is 1.59. The van der Waals surface area contributed by atoms with Gasteiger partial charge in [-0.05, 0) is 35.0 Å². The van der Waals surface area contributed by atoms with E-state index in [9.17, 15) is 9.18 Å². The minimum Gasteiger partial charge on any atom is -0.352 e. The van der Waals surface area contributed by atoms with Crippen LogP contribution < -0.4 is 5.32 Å². The minimum atomic E-state index is -0.504. The van der Waals surface area contributed by atoms with E-state index in [0.29, 0.717) is 6.54 Å². The summed E-state index contributed by atoms with van der Waals surface area (Å²) in [6.45, 7) is 2.26. The van der Waals surface area contributed by atoms with Crippen LogP contribution in [0.15, 0.2) is 16.6 Å². The van der Waals surface area contributed by atoms with E-state index < -0.39 is 5.82 Å². The lowest BCUT2D eigenvalue weighted by atomic mass is 10.2. The first-order chi connectivity index (χ1) is 6.56. The zero-order valence-electron chi connectivity index (χ0n) is 7.40. The van der Waals surface area contributed by atoms with Crippen LogP contribution in [0.1, 0.15) is 17.3 Å². The molecular formula is C9H8BrClFNO. The topological polar surface area (TPSA) is 29.1 Å². The highest BCUT2D eigenvalue weighted by Gasteiger charge is 2.12. The molecule has 0 atom stereocenters. The Balaban J connectivity index is 3.09. The average molecular weight is 281 g/mol.